The summed E-state index contributed by atoms with van der Waals surface area (Å²) in [6.45, 7) is 9.05. The second-order valence-corrected chi connectivity index (χ2v) is 5.53. The van der Waals surface area contributed by atoms with E-state index >= 15 is 0 Å². The zero-order valence-corrected chi connectivity index (χ0v) is 11.6. The van der Waals surface area contributed by atoms with Crippen LogP contribution < -0.4 is 5.32 Å². The molecule has 0 amide bonds. The maximum Gasteiger partial charge on any atom is 0.181 e. The predicted molar refractivity (Wildman–Crippen MR) is 70.0 cm³/mol. The molecule has 18 heavy (non-hydrogen) atoms. The number of nitrogens with one attached hydrogen (secondary N) is 1. The highest BCUT2D eigenvalue weighted by Gasteiger charge is 2.16. The van der Waals surface area contributed by atoms with Crippen LogP contribution in [0.1, 0.15) is 32.2 Å². The Morgan fingerprint density at radius 3 is 2.67 bits per heavy atom. The Bertz CT molecular complexity index is 514. The molecular formula is C13H20N4O. The van der Waals surface area contributed by atoms with Crippen LogP contribution in [0.25, 0.3) is 11.5 Å². The summed E-state index contributed by atoms with van der Waals surface area (Å²) in [6.07, 6.45) is 1.47. The van der Waals surface area contributed by atoms with E-state index in [-0.39, 0.29) is 5.54 Å². The first kappa shape index (κ1) is 12.8. The van der Waals surface area contributed by atoms with E-state index in [4.69, 9.17) is 4.42 Å². The second-order valence-electron chi connectivity index (χ2n) is 5.53. The molecule has 0 atom stereocenters. The summed E-state index contributed by atoms with van der Waals surface area (Å²) in [6, 6.07) is 2.00. The van der Waals surface area contributed by atoms with Crippen molar-refractivity contribution in [3.05, 3.63) is 23.8 Å². The fraction of sp³-hybridized carbons (Fsp3) is 0.538. The molecule has 0 aliphatic rings. The minimum Gasteiger partial charge on any atom is -0.441 e. The Morgan fingerprint density at radius 1 is 1.39 bits per heavy atom. The molecule has 0 aromatic carbocycles. The topological polar surface area (TPSA) is 55.9 Å². The molecule has 0 spiro atoms. The van der Waals surface area contributed by atoms with Gasteiger partial charge in [0.2, 0.25) is 0 Å². The number of hydrogen-bond acceptors (Lipinski definition) is 4. The van der Waals surface area contributed by atoms with Crippen molar-refractivity contribution in [3.63, 3.8) is 0 Å². The number of oxazole rings is 1. The molecule has 2 aromatic rings. The van der Waals surface area contributed by atoms with Crippen LogP contribution in [0.2, 0.25) is 0 Å². The standard InChI is InChI=1S/C13H20N4O/c1-9-6-10(16-17(9)5)12-11(14-8-18-12)7-15-13(2,3)4/h6,8,15H,7H2,1-5H3. The van der Waals surface area contributed by atoms with E-state index in [0.29, 0.717) is 6.54 Å². The average Bonchev–Trinajstić information content (AvgIpc) is 2.82. The first-order valence-electron chi connectivity index (χ1n) is 6.05. The van der Waals surface area contributed by atoms with Crippen LogP contribution in [-0.4, -0.2) is 20.3 Å². The Morgan fingerprint density at radius 2 is 2.11 bits per heavy atom. The van der Waals surface area contributed by atoms with E-state index in [1.54, 1.807) is 0 Å². The molecular weight excluding hydrogens is 228 g/mol. The largest absolute Gasteiger partial charge is 0.441 e. The third-order valence-electron chi connectivity index (χ3n) is 2.77. The van der Waals surface area contributed by atoms with Gasteiger partial charge >= 0.3 is 0 Å². The van der Waals surface area contributed by atoms with E-state index in [2.05, 4.69) is 36.2 Å². The fourth-order valence-corrected chi connectivity index (χ4v) is 1.62. The molecule has 0 aliphatic carbocycles. The van der Waals surface area contributed by atoms with Crippen LogP contribution in [0, 0.1) is 6.92 Å². The van der Waals surface area contributed by atoms with E-state index in [0.717, 1.165) is 22.8 Å². The van der Waals surface area contributed by atoms with Crippen molar-refractivity contribution < 1.29 is 4.42 Å². The molecule has 98 valence electrons. The van der Waals surface area contributed by atoms with Gasteiger partial charge in [0.15, 0.2) is 12.2 Å². The van der Waals surface area contributed by atoms with Crippen LogP contribution in [0.3, 0.4) is 0 Å². The molecule has 0 radical (unpaired) electrons. The van der Waals surface area contributed by atoms with Gasteiger partial charge in [0.25, 0.3) is 0 Å². The lowest BCUT2D eigenvalue weighted by Gasteiger charge is -2.19. The summed E-state index contributed by atoms with van der Waals surface area (Å²) in [5, 5.41) is 7.81. The lowest BCUT2D eigenvalue weighted by atomic mass is 10.1. The summed E-state index contributed by atoms with van der Waals surface area (Å²) in [5.41, 5.74) is 2.87. The quantitative estimate of drug-likeness (QED) is 0.905. The number of nitrogens with zero attached hydrogens (tertiary/aromatic N) is 3. The van der Waals surface area contributed by atoms with Gasteiger partial charge in [-0.05, 0) is 33.8 Å². The Hall–Kier alpha value is -1.62. The lowest BCUT2D eigenvalue weighted by molar-refractivity contribution is 0.421. The third kappa shape index (κ3) is 2.79. The third-order valence-corrected chi connectivity index (χ3v) is 2.77. The van der Waals surface area contributed by atoms with Crippen molar-refractivity contribution in [2.75, 3.05) is 0 Å². The zero-order valence-electron chi connectivity index (χ0n) is 11.6. The van der Waals surface area contributed by atoms with Crippen molar-refractivity contribution in [1.29, 1.82) is 0 Å². The smallest absolute Gasteiger partial charge is 0.181 e. The summed E-state index contributed by atoms with van der Waals surface area (Å²) >= 11 is 0. The van der Waals surface area contributed by atoms with Crippen LogP contribution in [0.5, 0.6) is 0 Å². The molecule has 5 heteroatoms. The van der Waals surface area contributed by atoms with Gasteiger partial charge in [-0.15, -0.1) is 0 Å². The monoisotopic (exact) mass is 248 g/mol. The van der Waals surface area contributed by atoms with Crippen LogP contribution in [0.4, 0.5) is 0 Å². The van der Waals surface area contributed by atoms with Crippen LogP contribution in [-0.2, 0) is 13.6 Å². The summed E-state index contributed by atoms with van der Waals surface area (Å²) in [4.78, 5) is 4.26. The fourth-order valence-electron chi connectivity index (χ4n) is 1.62. The van der Waals surface area contributed by atoms with Gasteiger partial charge in [0.05, 0.1) is 0 Å². The lowest BCUT2D eigenvalue weighted by Crippen LogP contribution is -2.35. The van der Waals surface area contributed by atoms with E-state index in [9.17, 15) is 0 Å². The van der Waals surface area contributed by atoms with Crippen molar-refractivity contribution in [2.24, 2.45) is 7.05 Å². The minimum atomic E-state index is 0.0518. The minimum absolute atomic E-state index is 0.0518. The number of aryl methyl sites for hydroxylation is 2. The molecule has 0 unspecified atom stereocenters. The Kier molecular flexibility index (Phi) is 3.26. The van der Waals surface area contributed by atoms with E-state index < -0.39 is 0 Å². The van der Waals surface area contributed by atoms with E-state index in [1.165, 1.54) is 6.39 Å². The maximum atomic E-state index is 5.46. The Labute approximate surface area is 107 Å². The normalized spacial score (nSPS) is 12.1. The Balaban J connectivity index is 2.22. The highest BCUT2D eigenvalue weighted by atomic mass is 16.3. The molecule has 0 fully saturated rings. The number of rotatable bonds is 3. The molecule has 2 rings (SSSR count). The number of aromatic nitrogens is 3. The molecule has 5 nitrogen and oxygen atoms in total. The van der Waals surface area contributed by atoms with Crippen LogP contribution in [0.15, 0.2) is 16.9 Å². The summed E-state index contributed by atoms with van der Waals surface area (Å²) in [7, 11) is 1.92. The molecule has 0 saturated carbocycles. The summed E-state index contributed by atoms with van der Waals surface area (Å²) < 4.78 is 7.29. The molecule has 0 bridgehead atoms. The zero-order chi connectivity index (χ0) is 13.3. The number of hydrogen-bond donors (Lipinski definition) is 1. The SMILES string of the molecule is Cc1cc(-c2ocnc2CNC(C)(C)C)nn1C. The van der Waals surface area contributed by atoms with Gasteiger partial charge in [0.1, 0.15) is 11.4 Å². The molecule has 0 aliphatic heterocycles. The van der Waals surface area contributed by atoms with Gasteiger partial charge in [0, 0.05) is 24.8 Å². The van der Waals surface area contributed by atoms with Gasteiger partial charge in [-0.25, -0.2) is 4.98 Å². The van der Waals surface area contributed by atoms with E-state index in [1.807, 2.05) is 24.7 Å². The van der Waals surface area contributed by atoms with Crippen molar-refractivity contribution in [1.82, 2.24) is 20.1 Å². The molecule has 2 heterocycles. The first-order chi connectivity index (χ1) is 8.37. The van der Waals surface area contributed by atoms with Crippen molar-refractivity contribution in [3.8, 4) is 11.5 Å². The summed E-state index contributed by atoms with van der Waals surface area (Å²) in [5.74, 6) is 0.746. The molecule has 1 N–H and O–H groups in total. The van der Waals surface area contributed by atoms with Gasteiger partial charge in [-0.3, -0.25) is 4.68 Å². The van der Waals surface area contributed by atoms with Crippen LogP contribution >= 0.6 is 0 Å². The van der Waals surface area contributed by atoms with Gasteiger partial charge in [-0.2, -0.15) is 5.10 Å². The molecule has 2 aromatic heterocycles. The van der Waals surface area contributed by atoms with Crippen molar-refractivity contribution >= 4 is 0 Å². The average molecular weight is 248 g/mol. The maximum absolute atomic E-state index is 5.46. The van der Waals surface area contributed by atoms with Gasteiger partial charge in [-0.1, -0.05) is 0 Å². The molecule has 0 saturated heterocycles. The van der Waals surface area contributed by atoms with Gasteiger partial charge < -0.3 is 9.73 Å². The first-order valence-corrected chi connectivity index (χ1v) is 6.05. The highest BCUT2D eigenvalue weighted by molar-refractivity contribution is 5.55. The predicted octanol–water partition coefficient (Wildman–Crippen LogP) is 2.27. The second kappa shape index (κ2) is 4.57. The highest BCUT2D eigenvalue weighted by Crippen LogP contribution is 2.22. The van der Waals surface area contributed by atoms with Crippen molar-refractivity contribution in [2.45, 2.75) is 39.8 Å².